The van der Waals surface area contributed by atoms with Crippen LogP contribution in [-0.4, -0.2) is 33.2 Å². The minimum Gasteiger partial charge on any atom is -0.435 e. The Morgan fingerprint density at radius 2 is 1.68 bits per heavy atom. The summed E-state index contributed by atoms with van der Waals surface area (Å²) in [6, 6.07) is 14.0. The van der Waals surface area contributed by atoms with Gasteiger partial charge in [-0.05, 0) is 41.8 Å². The van der Waals surface area contributed by atoms with Gasteiger partial charge in [0.1, 0.15) is 11.5 Å². The van der Waals surface area contributed by atoms with E-state index in [2.05, 4.69) is 10.1 Å². The number of alkyl halides is 2. The van der Waals surface area contributed by atoms with E-state index in [4.69, 9.17) is 5.26 Å². The number of carbonyl (C=O) groups excluding carboxylic acids is 1. The van der Waals surface area contributed by atoms with Crippen LogP contribution in [0.3, 0.4) is 0 Å². The molecule has 0 saturated heterocycles. The van der Waals surface area contributed by atoms with Crippen molar-refractivity contribution in [3.8, 4) is 11.8 Å². The lowest BCUT2D eigenvalue weighted by Crippen LogP contribution is -2.32. The van der Waals surface area contributed by atoms with Gasteiger partial charge in [0.2, 0.25) is 5.91 Å². The fourth-order valence-corrected chi connectivity index (χ4v) is 3.72. The van der Waals surface area contributed by atoms with Crippen molar-refractivity contribution in [3.05, 3.63) is 65.2 Å². The monoisotopic (exact) mass is 408 g/mol. The van der Waals surface area contributed by atoms with Crippen LogP contribution >= 0.6 is 0 Å². The van der Waals surface area contributed by atoms with Crippen molar-refractivity contribution in [2.75, 3.05) is 12.3 Å². The van der Waals surface area contributed by atoms with Crippen LogP contribution in [-0.2, 0) is 26.8 Å². The van der Waals surface area contributed by atoms with Crippen molar-refractivity contribution < 1.29 is 26.7 Å². The topological polar surface area (TPSA) is 96.3 Å². The van der Waals surface area contributed by atoms with Gasteiger partial charge >= 0.3 is 6.61 Å². The molecule has 2 aromatic rings. The van der Waals surface area contributed by atoms with E-state index < -0.39 is 28.1 Å². The SMILES string of the molecule is N#Cc1ccc(CS(=O)(=O)CC(=O)NCCc2ccc(OC(F)F)cc2)cc1. The van der Waals surface area contributed by atoms with Gasteiger partial charge in [0, 0.05) is 6.54 Å². The number of nitrogens with one attached hydrogen (secondary N) is 1. The molecule has 0 fully saturated rings. The van der Waals surface area contributed by atoms with Crippen molar-refractivity contribution in [1.29, 1.82) is 5.26 Å². The molecule has 148 valence electrons. The van der Waals surface area contributed by atoms with Crippen LogP contribution in [0, 0.1) is 11.3 Å². The second-order valence-electron chi connectivity index (χ2n) is 5.96. The van der Waals surface area contributed by atoms with Crippen LogP contribution in [0.4, 0.5) is 8.78 Å². The second kappa shape index (κ2) is 9.80. The number of rotatable bonds is 9. The lowest BCUT2D eigenvalue weighted by molar-refractivity contribution is -0.118. The van der Waals surface area contributed by atoms with Crippen LogP contribution in [0.1, 0.15) is 16.7 Å². The number of hydrogen-bond acceptors (Lipinski definition) is 5. The Labute approximate surface area is 161 Å². The van der Waals surface area contributed by atoms with Crippen LogP contribution in [0.5, 0.6) is 5.75 Å². The van der Waals surface area contributed by atoms with E-state index in [1.807, 2.05) is 6.07 Å². The van der Waals surface area contributed by atoms with Gasteiger partial charge in [0.15, 0.2) is 9.84 Å². The molecule has 6 nitrogen and oxygen atoms in total. The van der Waals surface area contributed by atoms with E-state index >= 15 is 0 Å². The van der Waals surface area contributed by atoms with Crippen molar-refractivity contribution in [2.45, 2.75) is 18.8 Å². The third-order valence-electron chi connectivity index (χ3n) is 3.70. The van der Waals surface area contributed by atoms with Crippen LogP contribution in [0.2, 0.25) is 0 Å². The predicted molar refractivity (Wildman–Crippen MR) is 98.4 cm³/mol. The van der Waals surface area contributed by atoms with E-state index in [1.165, 1.54) is 36.4 Å². The van der Waals surface area contributed by atoms with Gasteiger partial charge in [0.25, 0.3) is 0 Å². The van der Waals surface area contributed by atoms with Crippen LogP contribution in [0.15, 0.2) is 48.5 Å². The van der Waals surface area contributed by atoms with Gasteiger partial charge in [-0.25, -0.2) is 8.42 Å². The van der Waals surface area contributed by atoms with Crippen molar-refractivity contribution in [3.63, 3.8) is 0 Å². The second-order valence-corrected chi connectivity index (χ2v) is 8.03. The largest absolute Gasteiger partial charge is 0.435 e. The molecule has 0 bridgehead atoms. The summed E-state index contributed by atoms with van der Waals surface area (Å²) in [6.45, 7) is -2.68. The highest BCUT2D eigenvalue weighted by Crippen LogP contribution is 2.15. The zero-order valence-corrected chi connectivity index (χ0v) is 15.6. The molecule has 0 aliphatic carbocycles. The zero-order chi connectivity index (χ0) is 20.6. The molecule has 0 radical (unpaired) electrons. The molecule has 0 spiro atoms. The lowest BCUT2D eigenvalue weighted by Gasteiger charge is -2.08. The summed E-state index contributed by atoms with van der Waals surface area (Å²) >= 11 is 0. The Morgan fingerprint density at radius 3 is 2.25 bits per heavy atom. The molecule has 0 atom stereocenters. The third kappa shape index (κ3) is 7.32. The first-order valence-corrected chi connectivity index (χ1v) is 10.1. The molecule has 0 heterocycles. The fourth-order valence-electron chi connectivity index (χ4n) is 2.42. The summed E-state index contributed by atoms with van der Waals surface area (Å²) in [7, 11) is -3.65. The Balaban J connectivity index is 1.78. The van der Waals surface area contributed by atoms with E-state index in [9.17, 15) is 22.0 Å². The number of amides is 1. The summed E-state index contributed by atoms with van der Waals surface area (Å²) in [5.74, 6) is -1.52. The molecule has 9 heteroatoms. The number of halogens is 2. The molecule has 2 rings (SSSR count). The molecule has 1 amide bonds. The summed E-state index contributed by atoms with van der Waals surface area (Å²) in [6.07, 6.45) is 0.413. The highest BCUT2D eigenvalue weighted by molar-refractivity contribution is 7.91. The number of ether oxygens (including phenoxy) is 1. The highest BCUT2D eigenvalue weighted by atomic mass is 32.2. The Hall–Kier alpha value is -2.99. The highest BCUT2D eigenvalue weighted by Gasteiger charge is 2.17. The van der Waals surface area contributed by atoms with Crippen molar-refractivity contribution >= 4 is 15.7 Å². The lowest BCUT2D eigenvalue weighted by atomic mass is 10.1. The van der Waals surface area contributed by atoms with Gasteiger partial charge in [-0.2, -0.15) is 14.0 Å². The molecule has 2 aromatic carbocycles. The first kappa shape index (κ1) is 21.3. The standard InChI is InChI=1S/C19H18F2N2O4S/c20-19(21)27-17-7-5-14(6-8-17)9-10-23-18(24)13-28(25,26)12-16-3-1-15(11-22)2-4-16/h1-8,19H,9-10,12-13H2,(H,23,24). The molecule has 0 aliphatic rings. The molecular weight excluding hydrogens is 390 g/mol. The van der Waals surface area contributed by atoms with Gasteiger partial charge in [-0.3, -0.25) is 4.79 Å². The van der Waals surface area contributed by atoms with E-state index in [1.54, 1.807) is 12.1 Å². The molecule has 0 unspecified atom stereocenters. The maximum atomic E-state index is 12.1. The molecule has 1 N–H and O–H groups in total. The summed E-state index contributed by atoms with van der Waals surface area (Å²) < 4.78 is 52.7. The first-order valence-electron chi connectivity index (χ1n) is 8.27. The number of carbonyl (C=O) groups is 1. The molecule has 28 heavy (non-hydrogen) atoms. The van der Waals surface area contributed by atoms with Crippen molar-refractivity contribution in [1.82, 2.24) is 5.32 Å². The maximum Gasteiger partial charge on any atom is 0.387 e. The van der Waals surface area contributed by atoms with Gasteiger partial charge in [0.05, 0.1) is 17.4 Å². The zero-order valence-electron chi connectivity index (χ0n) is 14.8. The average Bonchev–Trinajstić information content (AvgIpc) is 2.62. The van der Waals surface area contributed by atoms with Gasteiger partial charge < -0.3 is 10.1 Å². The summed E-state index contributed by atoms with van der Waals surface area (Å²) in [5, 5.41) is 11.3. The normalized spacial score (nSPS) is 11.1. The Bertz CT molecular complexity index is 937. The maximum absolute atomic E-state index is 12.1. The molecule has 0 aromatic heterocycles. The number of nitrogens with zero attached hydrogens (tertiary/aromatic N) is 1. The van der Waals surface area contributed by atoms with Crippen LogP contribution < -0.4 is 10.1 Å². The first-order chi connectivity index (χ1) is 13.3. The summed E-state index contributed by atoms with van der Waals surface area (Å²) in [5.41, 5.74) is 1.70. The molecular formula is C19H18F2N2O4S. The number of nitriles is 1. The number of hydrogen-bond donors (Lipinski definition) is 1. The smallest absolute Gasteiger partial charge is 0.387 e. The predicted octanol–water partition coefficient (Wildman–Crippen LogP) is 2.43. The fraction of sp³-hybridized carbons (Fsp3) is 0.263. The number of benzene rings is 2. The number of sulfone groups is 1. The Morgan fingerprint density at radius 1 is 1.07 bits per heavy atom. The van der Waals surface area contributed by atoms with Crippen molar-refractivity contribution in [2.24, 2.45) is 0 Å². The minimum absolute atomic E-state index is 0.0386. The molecule has 0 aliphatic heterocycles. The quantitative estimate of drug-likeness (QED) is 0.688. The van der Waals surface area contributed by atoms with E-state index in [0.717, 1.165) is 5.56 Å². The Kier molecular flexibility index (Phi) is 7.46. The van der Waals surface area contributed by atoms with Crippen LogP contribution in [0.25, 0.3) is 0 Å². The molecule has 0 saturated carbocycles. The third-order valence-corrected chi connectivity index (χ3v) is 5.18. The minimum atomic E-state index is -3.65. The summed E-state index contributed by atoms with van der Waals surface area (Å²) in [4.78, 5) is 11.9. The van der Waals surface area contributed by atoms with Gasteiger partial charge in [-0.15, -0.1) is 0 Å². The average molecular weight is 408 g/mol. The van der Waals surface area contributed by atoms with E-state index in [0.29, 0.717) is 17.5 Å². The van der Waals surface area contributed by atoms with E-state index in [-0.39, 0.29) is 18.0 Å². The van der Waals surface area contributed by atoms with Gasteiger partial charge in [-0.1, -0.05) is 24.3 Å².